The first kappa shape index (κ1) is 22.3. The summed E-state index contributed by atoms with van der Waals surface area (Å²) in [5.41, 5.74) is -1.16. The topological polar surface area (TPSA) is 92.9 Å². The van der Waals surface area contributed by atoms with Crippen LogP contribution in [0, 0.1) is 5.41 Å². The predicted octanol–water partition coefficient (Wildman–Crippen LogP) is 2.92. The summed E-state index contributed by atoms with van der Waals surface area (Å²) in [4.78, 5) is 32.5. The number of hydrogen-bond donors (Lipinski definition) is 0. The Balaban J connectivity index is 1.31. The van der Waals surface area contributed by atoms with Crippen LogP contribution in [0.2, 0.25) is 0 Å². The molecule has 5 rings (SSSR count). The van der Waals surface area contributed by atoms with Gasteiger partial charge in [-0.05, 0) is 25.3 Å². The van der Waals surface area contributed by atoms with Gasteiger partial charge in [0.25, 0.3) is 6.43 Å². The van der Waals surface area contributed by atoms with E-state index in [9.17, 15) is 26.7 Å². The number of anilines is 2. The van der Waals surface area contributed by atoms with Crippen molar-refractivity contribution in [1.82, 2.24) is 29.7 Å². The smallest absolute Gasteiger partial charge is 0.355 e. The molecular formula is C20H19F5N8O. The molecule has 3 aromatic heterocycles. The van der Waals surface area contributed by atoms with Crippen LogP contribution in [0.15, 0.2) is 24.7 Å². The van der Waals surface area contributed by atoms with E-state index in [4.69, 9.17) is 0 Å². The quantitative estimate of drug-likeness (QED) is 0.528. The molecule has 0 aliphatic carbocycles. The van der Waals surface area contributed by atoms with Crippen LogP contribution in [0.4, 0.5) is 33.7 Å². The van der Waals surface area contributed by atoms with Crippen molar-refractivity contribution in [2.75, 3.05) is 29.4 Å². The Morgan fingerprint density at radius 1 is 1.03 bits per heavy atom. The van der Waals surface area contributed by atoms with Gasteiger partial charge in [-0.3, -0.25) is 9.69 Å². The molecule has 2 saturated heterocycles. The Bertz CT molecular complexity index is 1220. The maximum absolute atomic E-state index is 13.2. The largest absolute Gasteiger partial charge is 0.433 e. The number of alkyl halides is 5. The average molecular weight is 482 g/mol. The zero-order valence-corrected chi connectivity index (χ0v) is 17.7. The molecule has 2 aliphatic heterocycles. The molecule has 180 valence electrons. The number of carbonyl (C=O) groups excluding carboxylic acids is 1. The minimum atomic E-state index is -4.63. The molecule has 0 unspecified atom stereocenters. The molecule has 0 radical (unpaired) electrons. The van der Waals surface area contributed by atoms with Crippen LogP contribution in [0.3, 0.4) is 0 Å². The zero-order chi connectivity index (χ0) is 24.1. The lowest BCUT2D eigenvalue weighted by molar-refractivity contribution is -0.141. The van der Waals surface area contributed by atoms with Gasteiger partial charge in [0.15, 0.2) is 5.65 Å². The molecule has 0 saturated carbocycles. The van der Waals surface area contributed by atoms with Crippen molar-refractivity contribution >= 4 is 28.8 Å². The fourth-order valence-corrected chi connectivity index (χ4v) is 4.53. The minimum absolute atomic E-state index is 0.235. The normalized spacial score (nSPS) is 18.6. The van der Waals surface area contributed by atoms with E-state index < -0.39 is 30.3 Å². The van der Waals surface area contributed by atoms with Crippen molar-refractivity contribution in [1.29, 1.82) is 0 Å². The third kappa shape index (κ3) is 3.90. The van der Waals surface area contributed by atoms with Crippen molar-refractivity contribution in [3.8, 4) is 0 Å². The number of nitrogens with zero attached hydrogens (tertiary/aromatic N) is 8. The van der Waals surface area contributed by atoms with Gasteiger partial charge in [-0.1, -0.05) is 0 Å². The van der Waals surface area contributed by atoms with Crippen molar-refractivity contribution < 1.29 is 26.7 Å². The first-order valence-corrected chi connectivity index (χ1v) is 10.6. The highest BCUT2D eigenvalue weighted by atomic mass is 19.4. The zero-order valence-electron chi connectivity index (χ0n) is 17.7. The molecule has 5 heterocycles. The van der Waals surface area contributed by atoms with Crippen molar-refractivity contribution in [2.24, 2.45) is 5.41 Å². The van der Waals surface area contributed by atoms with Crippen LogP contribution >= 0.6 is 0 Å². The number of rotatable bonds is 4. The number of fused-ring (bicyclic) bond motifs is 1. The summed E-state index contributed by atoms with van der Waals surface area (Å²) in [5.74, 6) is -0.0485. The summed E-state index contributed by atoms with van der Waals surface area (Å²) >= 11 is 0. The lowest BCUT2D eigenvalue weighted by Gasteiger charge is -2.38. The molecule has 14 heteroatoms. The fraction of sp³-hybridized carbons (Fsp3) is 0.500. The van der Waals surface area contributed by atoms with Gasteiger partial charge in [0.05, 0.1) is 17.8 Å². The van der Waals surface area contributed by atoms with E-state index in [-0.39, 0.29) is 24.0 Å². The molecule has 0 bridgehead atoms. The lowest BCUT2D eigenvalue weighted by atomic mass is 9.77. The molecule has 1 amide bonds. The van der Waals surface area contributed by atoms with Gasteiger partial charge in [-0.15, -0.1) is 0 Å². The molecule has 9 nitrogen and oxygen atoms in total. The molecule has 0 aromatic carbocycles. The second-order valence-electron chi connectivity index (χ2n) is 8.37. The van der Waals surface area contributed by atoms with Gasteiger partial charge in [-0.2, -0.15) is 18.3 Å². The number of amides is 1. The molecule has 0 atom stereocenters. The molecule has 1 spiro atoms. The van der Waals surface area contributed by atoms with E-state index in [1.165, 1.54) is 17.3 Å². The van der Waals surface area contributed by atoms with Crippen LogP contribution in [0.5, 0.6) is 0 Å². The Kier molecular flexibility index (Phi) is 5.32. The minimum Gasteiger partial charge on any atom is -0.355 e. The number of carbonyl (C=O) groups is 1. The van der Waals surface area contributed by atoms with Crippen molar-refractivity contribution in [3.63, 3.8) is 0 Å². The second kappa shape index (κ2) is 8.09. The summed E-state index contributed by atoms with van der Waals surface area (Å²) in [6.45, 7) is 0.545. The highest BCUT2D eigenvalue weighted by Crippen LogP contribution is 2.43. The van der Waals surface area contributed by atoms with Crippen LogP contribution < -0.4 is 9.80 Å². The Morgan fingerprint density at radius 3 is 2.47 bits per heavy atom. The molecule has 0 N–H and O–H groups in total. The predicted molar refractivity (Wildman–Crippen MR) is 109 cm³/mol. The summed E-state index contributed by atoms with van der Waals surface area (Å²) in [7, 11) is 0. The third-order valence-electron chi connectivity index (χ3n) is 6.38. The molecule has 34 heavy (non-hydrogen) atoms. The number of hydrogen-bond acceptors (Lipinski definition) is 7. The second-order valence-corrected chi connectivity index (χ2v) is 8.37. The van der Waals surface area contributed by atoms with Crippen LogP contribution in [-0.2, 0) is 17.5 Å². The summed E-state index contributed by atoms with van der Waals surface area (Å²) in [5, 5.41) is 3.91. The van der Waals surface area contributed by atoms with Gasteiger partial charge in [0.2, 0.25) is 11.9 Å². The van der Waals surface area contributed by atoms with Gasteiger partial charge < -0.3 is 4.90 Å². The highest BCUT2D eigenvalue weighted by Gasteiger charge is 2.49. The number of aromatic nitrogens is 6. The fourth-order valence-electron chi connectivity index (χ4n) is 4.53. The van der Waals surface area contributed by atoms with Crippen molar-refractivity contribution in [2.45, 2.75) is 38.4 Å². The number of piperidine rings is 1. The molecule has 2 aliphatic rings. The van der Waals surface area contributed by atoms with E-state index in [1.807, 2.05) is 4.90 Å². The standard InChI is InChI=1S/C20H19F5N8O/c21-14(22)11-33-16-12(9-28-33)27-10-15(30-16)31-6-2-19(3-7-31)4-8-32(17(19)34)18-26-5-1-13(29-18)20(23,24)25/h1,5,9-10,14H,2-4,6-8,11H2. The van der Waals surface area contributed by atoms with E-state index in [1.54, 1.807) is 0 Å². The van der Waals surface area contributed by atoms with Crippen LogP contribution in [0.25, 0.3) is 11.2 Å². The molecule has 3 aromatic rings. The maximum Gasteiger partial charge on any atom is 0.433 e. The highest BCUT2D eigenvalue weighted by molar-refractivity contribution is 5.98. The Labute approximate surface area is 189 Å². The summed E-state index contributed by atoms with van der Waals surface area (Å²) in [6, 6.07) is 0.767. The van der Waals surface area contributed by atoms with E-state index >= 15 is 0 Å². The summed E-state index contributed by atoms with van der Waals surface area (Å²) in [6.07, 6.45) is -1.91. The Morgan fingerprint density at radius 2 is 1.76 bits per heavy atom. The number of halogens is 5. The monoisotopic (exact) mass is 482 g/mol. The van der Waals surface area contributed by atoms with Crippen LogP contribution in [-0.4, -0.2) is 61.7 Å². The maximum atomic E-state index is 13.2. The summed E-state index contributed by atoms with van der Waals surface area (Å²) < 4.78 is 65.8. The molecular weight excluding hydrogens is 463 g/mol. The molecule has 2 fully saturated rings. The van der Waals surface area contributed by atoms with Crippen LogP contribution in [0.1, 0.15) is 25.0 Å². The average Bonchev–Trinajstić information content (AvgIpc) is 3.34. The Hall–Kier alpha value is -3.45. The van der Waals surface area contributed by atoms with E-state index in [0.717, 1.165) is 16.9 Å². The van der Waals surface area contributed by atoms with E-state index in [0.29, 0.717) is 43.7 Å². The van der Waals surface area contributed by atoms with Gasteiger partial charge in [-0.25, -0.2) is 33.4 Å². The van der Waals surface area contributed by atoms with Crippen molar-refractivity contribution in [3.05, 3.63) is 30.4 Å². The van der Waals surface area contributed by atoms with Gasteiger partial charge in [0.1, 0.15) is 23.6 Å². The third-order valence-corrected chi connectivity index (χ3v) is 6.38. The van der Waals surface area contributed by atoms with E-state index in [2.05, 4.69) is 25.0 Å². The van der Waals surface area contributed by atoms with Gasteiger partial charge >= 0.3 is 6.18 Å². The SMILES string of the molecule is O=C1N(c2nccc(C(F)(F)F)n2)CCC12CCN(c1cnc3cnn(CC(F)F)c3n1)CC2. The first-order valence-electron chi connectivity index (χ1n) is 10.6. The lowest BCUT2D eigenvalue weighted by Crippen LogP contribution is -2.45. The van der Waals surface area contributed by atoms with Gasteiger partial charge in [0, 0.05) is 25.8 Å². The first-order chi connectivity index (χ1) is 16.2.